The summed E-state index contributed by atoms with van der Waals surface area (Å²) in [5.74, 6) is 0.109. The van der Waals surface area contributed by atoms with Gasteiger partial charge in [0.05, 0.1) is 23.3 Å². The Morgan fingerprint density at radius 2 is 1.85 bits per heavy atom. The summed E-state index contributed by atoms with van der Waals surface area (Å²) >= 11 is 0. The van der Waals surface area contributed by atoms with E-state index in [0.717, 1.165) is 48.6 Å². The van der Waals surface area contributed by atoms with Gasteiger partial charge in [-0.2, -0.15) is 13.2 Å². The lowest BCUT2D eigenvalue weighted by Crippen LogP contribution is -2.22. The smallest absolute Gasteiger partial charge is 0.367 e. The highest BCUT2D eigenvalue weighted by atomic mass is 19.4. The predicted octanol–water partition coefficient (Wildman–Crippen LogP) is 7.73. The van der Waals surface area contributed by atoms with E-state index in [9.17, 15) is 18.0 Å². The van der Waals surface area contributed by atoms with Crippen LogP contribution in [-0.2, 0) is 12.6 Å². The van der Waals surface area contributed by atoms with Gasteiger partial charge in [-0.05, 0) is 88.9 Å². The SMILES string of the molecule is C/C=C\N=CC(C)=N/C=C(\C)CN1CCc2ccc(C(C)=O)cc21.Cc1cc(-n2cnc(C)c2)cc(C(F)(F)F)c1. The van der Waals surface area contributed by atoms with Crippen molar-refractivity contribution in [3.63, 3.8) is 0 Å². The number of aryl methyl sites for hydroxylation is 2. The molecule has 216 valence electrons. The van der Waals surface area contributed by atoms with E-state index in [-0.39, 0.29) is 5.78 Å². The predicted molar refractivity (Wildman–Crippen MR) is 161 cm³/mol. The number of carbonyl (C=O) groups is 1. The number of halogens is 3. The van der Waals surface area contributed by atoms with E-state index in [1.165, 1.54) is 23.2 Å². The molecule has 0 N–H and O–H groups in total. The van der Waals surface area contributed by atoms with Crippen LogP contribution in [0.3, 0.4) is 0 Å². The molecule has 41 heavy (non-hydrogen) atoms. The first-order valence-corrected chi connectivity index (χ1v) is 13.3. The summed E-state index contributed by atoms with van der Waals surface area (Å²) in [5, 5.41) is 0. The second-order valence-electron chi connectivity index (χ2n) is 10.1. The Morgan fingerprint density at radius 3 is 2.49 bits per heavy atom. The van der Waals surface area contributed by atoms with Crippen LogP contribution in [0.25, 0.3) is 5.69 Å². The topological polar surface area (TPSA) is 62.9 Å². The molecule has 3 aromatic rings. The largest absolute Gasteiger partial charge is 0.416 e. The number of aromatic nitrogens is 2. The quantitative estimate of drug-likeness (QED) is 0.218. The maximum absolute atomic E-state index is 12.6. The Hall–Kier alpha value is -4.27. The number of hydrogen-bond acceptors (Lipinski definition) is 5. The molecule has 9 heteroatoms. The Balaban J connectivity index is 0.000000239. The van der Waals surface area contributed by atoms with E-state index >= 15 is 0 Å². The van der Waals surface area contributed by atoms with Crippen LogP contribution in [0.2, 0.25) is 0 Å². The summed E-state index contributed by atoms with van der Waals surface area (Å²) < 4.78 is 39.5. The van der Waals surface area contributed by atoms with Crippen molar-refractivity contribution < 1.29 is 18.0 Å². The number of hydrogen-bond donors (Lipinski definition) is 0. The van der Waals surface area contributed by atoms with Crippen LogP contribution >= 0.6 is 0 Å². The Bertz CT molecular complexity index is 1500. The molecule has 0 atom stereocenters. The highest BCUT2D eigenvalue weighted by Gasteiger charge is 2.31. The van der Waals surface area contributed by atoms with Crippen LogP contribution < -0.4 is 4.90 Å². The van der Waals surface area contributed by atoms with Crippen molar-refractivity contribution in [1.29, 1.82) is 0 Å². The summed E-state index contributed by atoms with van der Waals surface area (Å²) in [7, 11) is 0. The van der Waals surface area contributed by atoms with E-state index in [2.05, 4.69) is 32.9 Å². The van der Waals surface area contributed by atoms with Crippen LogP contribution in [0, 0.1) is 13.8 Å². The van der Waals surface area contributed by atoms with Gasteiger partial charge in [0.2, 0.25) is 0 Å². The lowest BCUT2D eigenvalue weighted by molar-refractivity contribution is -0.137. The molecule has 6 nitrogen and oxygen atoms in total. The van der Waals surface area contributed by atoms with Crippen molar-refractivity contribution in [2.75, 3.05) is 18.0 Å². The van der Waals surface area contributed by atoms with Gasteiger partial charge in [0.1, 0.15) is 0 Å². The highest BCUT2D eigenvalue weighted by molar-refractivity contribution is 6.29. The zero-order chi connectivity index (χ0) is 30.2. The van der Waals surface area contributed by atoms with Gasteiger partial charge in [0.15, 0.2) is 5.78 Å². The standard InChI is InChI=1S/C20H25N3O.C12H11F3N2/c1-5-9-21-13-16(3)22-12-15(2)14-23-10-8-18-6-7-19(17(4)24)11-20(18)23;1-8-3-10(12(13,14)15)5-11(4-8)17-6-9(2)16-7-17/h5-7,9,11-13H,8,10,14H2,1-4H3;3-7H,1-2H3/b9-5-,15-12+,21-13?,22-16?;. The third-order valence-electron chi connectivity index (χ3n) is 6.31. The molecule has 0 saturated carbocycles. The first kappa shape index (κ1) is 31.3. The van der Waals surface area contributed by atoms with E-state index in [1.54, 1.807) is 50.0 Å². The number of nitrogens with zero attached hydrogens (tertiary/aromatic N) is 5. The number of anilines is 1. The van der Waals surface area contributed by atoms with Crippen molar-refractivity contribution in [3.05, 3.63) is 101 Å². The van der Waals surface area contributed by atoms with Crippen molar-refractivity contribution in [1.82, 2.24) is 9.55 Å². The molecule has 1 aliphatic heterocycles. The van der Waals surface area contributed by atoms with Crippen LogP contribution in [0.15, 0.2) is 83.0 Å². The van der Waals surface area contributed by atoms with Gasteiger partial charge in [-0.15, -0.1) is 0 Å². The zero-order valence-electron chi connectivity index (χ0n) is 24.3. The number of fused-ring (bicyclic) bond motifs is 1. The number of imidazole rings is 1. The van der Waals surface area contributed by atoms with Crippen LogP contribution in [-0.4, -0.2) is 40.4 Å². The highest BCUT2D eigenvalue weighted by Crippen LogP contribution is 2.32. The molecule has 0 bridgehead atoms. The van der Waals surface area contributed by atoms with Crippen LogP contribution in [0.1, 0.15) is 60.4 Å². The number of Topliss-reactive ketones (excluding diaryl/α,β-unsaturated/α-hetero) is 1. The molecule has 0 spiro atoms. The van der Waals surface area contributed by atoms with E-state index in [1.807, 2.05) is 38.3 Å². The number of carbonyl (C=O) groups excluding carboxylic acids is 1. The minimum absolute atomic E-state index is 0.109. The minimum Gasteiger partial charge on any atom is -0.367 e. The van der Waals surface area contributed by atoms with Crippen molar-refractivity contribution in [2.45, 2.75) is 54.1 Å². The second kappa shape index (κ2) is 13.9. The summed E-state index contributed by atoms with van der Waals surface area (Å²) in [4.78, 5) is 26.5. The average molecular weight is 564 g/mol. The summed E-state index contributed by atoms with van der Waals surface area (Å²) in [5.41, 5.74) is 6.47. The first-order valence-electron chi connectivity index (χ1n) is 13.3. The fraction of sp³-hybridized carbons (Fsp3) is 0.312. The molecule has 2 heterocycles. The molecule has 0 amide bonds. The van der Waals surface area contributed by atoms with Gasteiger partial charge in [0.25, 0.3) is 0 Å². The van der Waals surface area contributed by atoms with E-state index in [4.69, 9.17) is 0 Å². The normalized spacial score (nSPS) is 14.0. The Morgan fingerprint density at radius 1 is 1.10 bits per heavy atom. The molecule has 2 aromatic carbocycles. The Labute approximate surface area is 239 Å². The number of allylic oxidation sites excluding steroid dienone is 1. The molecular formula is C32H36F3N5O. The van der Waals surface area contributed by atoms with E-state index in [0.29, 0.717) is 11.3 Å². The maximum atomic E-state index is 12.6. The molecule has 0 radical (unpaired) electrons. The third kappa shape index (κ3) is 9.13. The number of aliphatic imine (C=N–C) groups is 2. The molecule has 0 fully saturated rings. The van der Waals surface area contributed by atoms with Crippen molar-refractivity contribution >= 4 is 23.4 Å². The fourth-order valence-electron chi connectivity index (χ4n) is 4.29. The van der Waals surface area contributed by atoms with Crippen LogP contribution in [0.5, 0.6) is 0 Å². The molecule has 4 rings (SSSR count). The fourth-order valence-corrected chi connectivity index (χ4v) is 4.29. The number of alkyl halides is 3. The van der Waals surface area contributed by atoms with Gasteiger partial charge in [0, 0.05) is 54.8 Å². The molecule has 0 unspecified atom stereocenters. The third-order valence-corrected chi connectivity index (χ3v) is 6.31. The first-order chi connectivity index (χ1) is 19.4. The zero-order valence-corrected chi connectivity index (χ0v) is 24.3. The number of rotatable bonds is 7. The number of benzene rings is 2. The number of ketones is 1. The van der Waals surface area contributed by atoms with Crippen molar-refractivity contribution in [3.8, 4) is 5.69 Å². The summed E-state index contributed by atoms with van der Waals surface area (Å²) in [6.07, 6.45) is 7.15. The summed E-state index contributed by atoms with van der Waals surface area (Å²) in [6.45, 7) is 12.8. The average Bonchev–Trinajstić information content (AvgIpc) is 3.53. The lowest BCUT2D eigenvalue weighted by Gasteiger charge is -2.20. The maximum Gasteiger partial charge on any atom is 0.416 e. The summed E-state index contributed by atoms with van der Waals surface area (Å²) in [6, 6.07) is 9.95. The molecule has 0 saturated heterocycles. The van der Waals surface area contributed by atoms with Gasteiger partial charge in [-0.25, -0.2) is 4.98 Å². The molecule has 1 aliphatic rings. The van der Waals surface area contributed by atoms with E-state index < -0.39 is 11.7 Å². The van der Waals surface area contributed by atoms with Gasteiger partial charge >= 0.3 is 6.18 Å². The lowest BCUT2D eigenvalue weighted by atomic mass is 10.1. The van der Waals surface area contributed by atoms with Gasteiger partial charge in [-0.3, -0.25) is 14.8 Å². The Kier molecular flexibility index (Phi) is 10.6. The minimum atomic E-state index is -4.32. The monoisotopic (exact) mass is 563 g/mol. The van der Waals surface area contributed by atoms with Crippen molar-refractivity contribution in [2.24, 2.45) is 9.98 Å². The second-order valence-corrected chi connectivity index (χ2v) is 10.1. The van der Waals surface area contributed by atoms with Crippen LogP contribution in [0.4, 0.5) is 18.9 Å². The van der Waals surface area contributed by atoms with Gasteiger partial charge < -0.3 is 9.47 Å². The van der Waals surface area contributed by atoms with Gasteiger partial charge in [-0.1, -0.05) is 18.2 Å². The molecular weight excluding hydrogens is 527 g/mol. The molecule has 1 aromatic heterocycles. The molecule has 0 aliphatic carbocycles.